The van der Waals surface area contributed by atoms with E-state index in [9.17, 15) is 13.2 Å². The van der Waals surface area contributed by atoms with E-state index in [0.717, 1.165) is 36.9 Å². The number of nitrogens with one attached hydrogen (secondary N) is 3. The van der Waals surface area contributed by atoms with Gasteiger partial charge in [-0.3, -0.25) is 10.1 Å². The molecule has 0 unspecified atom stereocenters. The van der Waals surface area contributed by atoms with Gasteiger partial charge in [-0.1, -0.05) is 13.2 Å². The van der Waals surface area contributed by atoms with Crippen molar-refractivity contribution in [1.82, 2.24) is 20.2 Å². The minimum Gasteiger partial charge on any atom is -0.357 e. The first-order valence-electron chi connectivity index (χ1n) is 10.5. The van der Waals surface area contributed by atoms with Crippen molar-refractivity contribution in [2.24, 2.45) is 0 Å². The fourth-order valence-electron chi connectivity index (χ4n) is 3.61. The Bertz CT molecular complexity index is 1130. The molecule has 1 saturated heterocycles. The van der Waals surface area contributed by atoms with E-state index < -0.39 is 11.7 Å². The predicted molar refractivity (Wildman–Crippen MR) is 123 cm³/mol. The van der Waals surface area contributed by atoms with Crippen molar-refractivity contribution in [2.75, 3.05) is 28.6 Å². The van der Waals surface area contributed by atoms with Gasteiger partial charge in [0.25, 0.3) is 0 Å². The molecule has 4 heterocycles. The van der Waals surface area contributed by atoms with Gasteiger partial charge in [0.2, 0.25) is 0 Å². The molecule has 0 spiro atoms. The Morgan fingerprint density at radius 1 is 0.970 bits per heavy atom. The van der Waals surface area contributed by atoms with Crippen molar-refractivity contribution in [3.05, 3.63) is 73.0 Å². The van der Waals surface area contributed by atoms with Crippen molar-refractivity contribution >= 4 is 28.6 Å². The lowest BCUT2D eigenvalue weighted by Crippen LogP contribution is -2.30. The zero-order valence-corrected chi connectivity index (χ0v) is 17.9. The van der Waals surface area contributed by atoms with Crippen LogP contribution in [-0.2, 0) is 6.18 Å². The second kappa shape index (κ2) is 9.35. The van der Waals surface area contributed by atoms with Gasteiger partial charge in [0.05, 0.1) is 35.0 Å². The second-order valence-corrected chi connectivity index (χ2v) is 7.78. The summed E-state index contributed by atoms with van der Waals surface area (Å²) < 4.78 is 39.0. The molecule has 3 aromatic heterocycles. The van der Waals surface area contributed by atoms with E-state index in [-0.39, 0.29) is 11.3 Å². The summed E-state index contributed by atoms with van der Waals surface area (Å²) in [6.45, 7) is 9.91. The van der Waals surface area contributed by atoms with Crippen LogP contribution >= 0.6 is 0 Å². The molecule has 3 aromatic rings. The van der Waals surface area contributed by atoms with Crippen LogP contribution in [0.15, 0.2) is 56.1 Å². The van der Waals surface area contributed by atoms with Crippen LogP contribution in [0.4, 0.5) is 30.4 Å². The minimum absolute atomic E-state index is 0.216. The summed E-state index contributed by atoms with van der Waals surface area (Å²) in [6, 6.07) is 4.89. The molecule has 10 heteroatoms. The Kier molecular flexibility index (Phi) is 6.34. The highest BCUT2D eigenvalue weighted by atomic mass is 19.4. The Balaban J connectivity index is 1.43. The lowest BCUT2D eigenvalue weighted by atomic mass is 10.1. The highest BCUT2D eigenvalue weighted by molar-refractivity contribution is 5.84. The van der Waals surface area contributed by atoms with E-state index in [0.29, 0.717) is 17.1 Å². The molecule has 1 fully saturated rings. The summed E-state index contributed by atoms with van der Waals surface area (Å²) in [7, 11) is 0. The first-order valence-corrected chi connectivity index (χ1v) is 10.5. The number of H-pyrrole nitrogens is 1. The van der Waals surface area contributed by atoms with E-state index in [1.54, 1.807) is 6.20 Å². The number of piperidine rings is 1. The quantitative estimate of drug-likeness (QED) is 0.444. The second-order valence-electron chi connectivity index (χ2n) is 7.78. The summed E-state index contributed by atoms with van der Waals surface area (Å²) in [5, 5.41) is 13.0. The van der Waals surface area contributed by atoms with E-state index in [1.165, 1.54) is 31.7 Å². The molecule has 0 atom stereocenters. The highest BCUT2D eigenvalue weighted by Crippen LogP contribution is 2.31. The van der Waals surface area contributed by atoms with E-state index in [2.05, 4.69) is 48.9 Å². The molecule has 0 aliphatic carbocycles. The van der Waals surface area contributed by atoms with Crippen LogP contribution in [0.5, 0.6) is 0 Å². The van der Waals surface area contributed by atoms with Gasteiger partial charge >= 0.3 is 6.18 Å². The van der Waals surface area contributed by atoms with Crippen LogP contribution < -0.4 is 15.5 Å². The summed E-state index contributed by atoms with van der Waals surface area (Å²) in [4.78, 5) is 10.5. The van der Waals surface area contributed by atoms with Crippen LogP contribution in [-0.4, -0.2) is 33.3 Å². The average molecular weight is 455 g/mol. The summed E-state index contributed by atoms with van der Waals surface area (Å²) in [5.74, 6) is 0.945. The number of anilines is 3. The van der Waals surface area contributed by atoms with Gasteiger partial charge in [-0.05, 0) is 37.5 Å². The lowest BCUT2D eigenvalue weighted by Gasteiger charge is -2.27. The maximum absolute atomic E-state index is 13.0. The number of rotatable bonds is 7. The maximum atomic E-state index is 13.0. The Hall–Kier alpha value is -3.82. The smallest absolute Gasteiger partial charge is 0.357 e. The van der Waals surface area contributed by atoms with Crippen molar-refractivity contribution in [3.8, 4) is 0 Å². The third kappa shape index (κ3) is 5.33. The molecule has 172 valence electrons. The Morgan fingerprint density at radius 2 is 1.76 bits per heavy atom. The van der Waals surface area contributed by atoms with Crippen LogP contribution in [0.25, 0.3) is 11.4 Å². The molecule has 4 rings (SSSR count). The molecule has 7 nitrogen and oxygen atoms in total. The van der Waals surface area contributed by atoms with Crippen LogP contribution in [0.2, 0.25) is 0 Å². The monoisotopic (exact) mass is 455 g/mol. The van der Waals surface area contributed by atoms with Gasteiger partial charge in [0.15, 0.2) is 0 Å². The molecule has 3 N–H and O–H groups in total. The molecular formula is C23H24F3N7. The number of hydrogen-bond acceptors (Lipinski definition) is 6. The number of alkyl halides is 3. The summed E-state index contributed by atoms with van der Waals surface area (Å²) in [6.07, 6.45) is 4.46. The third-order valence-electron chi connectivity index (χ3n) is 5.36. The molecule has 0 radical (unpaired) electrons. The zero-order chi connectivity index (χ0) is 23.4. The normalized spacial score (nSPS) is 14.1. The van der Waals surface area contributed by atoms with E-state index >= 15 is 0 Å². The van der Waals surface area contributed by atoms with Crippen LogP contribution in [0, 0.1) is 0 Å². The Morgan fingerprint density at radius 3 is 2.45 bits per heavy atom. The summed E-state index contributed by atoms with van der Waals surface area (Å²) in [5.41, 5.74) is 1.93. The minimum atomic E-state index is -4.49. The molecule has 0 aromatic carbocycles. The number of nitrogens with zero attached hydrogens (tertiary/aromatic N) is 4. The Labute approximate surface area is 189 Å². The van der Waals surface area contributed by atoms with Crippen molar-refractivity contribution in [3.63, 3.8) is 0 Å². The summed E-state index contributed by atoms with van der Waals surface area (Å²) >= 11 is 0. The van der Waals surface area contributed by atoms with E-state index in [4.69, 9.17) is 0 Å². The van der Waals surface area contributed by atoms with Crippen molar-refractivity contribution in [1.29, 1.82) is 0 Å². The molecule has 0 amide bonds. The van der Waals surface area contributed by atoms with Gasteiger partial charge in [-0.2, -0.15) is 18.3 Å². The fourth-order valence-corrected chi connectivity index (χ4v) is 3.61. The lowest BCUT2D eigenvalue weighted by molar-refractivity contribution is -0.137. The molecule has 0 saturated carbocycles. The zero-order valence-electron chi connectivity index (χ0n) is 17.9. The first-order chi connectivity index (χ1) is 15.8. The number of pyridine rings is 2. The first kappa shape index (κ1) is 22.4. The average Bonchev–Trinajstić information content (AvgIpc) is 3.28. The van der Waals surface area contributed by atoms with Crippen LogP contribution in [0.1, 0.15) is 36.1 Å². The fraction of sp³-hybridized carbons (Fsp3) is 0.261. The largest absolute Gasteiger partial charge is 0.417 e. The molecular weight excluding hydrogens is 431 g/mol. The molecule has 1 aliphatic heterocycles. The SMILES string of the molecule is C=C(Nc1cn[nH]c1C(=C)Nc1ccc(N2CCCCC2)nc1)c1cncc(C(F)(F)F)c1. The van der Waals surface area contributed by atoms with Crippen molar-refractivity contribution in [2.45, 2.75) is 25.4 Å². The number of hydrogen-bond donors (Lipinski definition) is 3. The van der Waals surface area contributed by atoms with Crippen molar-refractivity contribution < 1.29 is 13.2 Å². The standard InChI is InChI=1S/C23H24F3N7/c1-15(17-10-18(12-27-11-17)23(24,25)26)31-20-14-29-32-22(20)16(2)30-19-6-7-21(28-13-19)33-8-4-3-5-9-33/h6-7,10-14,30-31H,1-5,8-9H2,(H,29,32). The number of halogens is 3. The number of aromatic amines is 1. The topological polar surface area (TPSA) is 81.8 Å². The van der Waals surface area contributed by atoms with Gasteiger partial charge in [-0.25, -0.2) is 4.98 Å². The maximum Gasteiger partial charge on any atom is 0.417 e. The third-order valence-corrected chi connectivity index (χ3v) is 5.36. The highest BCUT2D eigenvalue weighted by Gasteiger charge is 2.31. The van der Waals surface area contributed by atoms with Gasteiger partial charge < -0.3 is 15.5 Å². The van der Waals surface area contributed by atoms with Gasteiger partial charge in [0, 0.05) is 36.7 Å². The molecule has 0 bridgehead atoms. The molecule has 1 aliphatic rings. The van der Waals surface area contributed by atoms with Gasteiger partial charge in [-0.15, -0.1) is 0 Å². The molecule has 33 heavy (non-hydrogen) atoms. The van der Waals surface area contributed by atoms with Crippen LogP contribution in [0.3, 0.4) is 0 Å². The van der Waals surface area contributed by atoms with E-state index in [1.807, 2.05) is 12.1 Å². The number of aromatic nitrogens is 4. The predicted octanol–water partition coefficient (Wildman–Crippen LogP) is 5.37. The van der Waals surface area contributed by atoms with Gasteiger partial charge in [0.1, 0.15) is 11.5 Å².